The first-order valence-electron chi connectivity index (χ1n) is 5.84. The molecule has 1 atom stereocenters. The SMILES string of the molecule is CC(C)(C)CCCCCCC(Cl)C(Cl)(Cl)Cl. The van der Waals surface area contributed by atoms with Crippen molar-refractivity contribution in [2.75, 3.05) is 0 Å². The Kier molecular flexibility index (Phi) is 8.11. The molecule has 0 heterocycles. The molecule has 0 aromatic carbocycles. The normalized spacial score (nSPS) is 15.2. The van der Waals surface area contributed by atoms with Gasteiger partial charge in [0.1, 0.15) is 0 Å². The highest BCUT2D eigenvalue weighted by atomic mass is 35.6. The van der Waals surface area contributed by atoms with Gasteiger partial charge in [-0.25, -0.2) is 0 Å². The zero-order chi connectivity index (χ0) is 12.8. The molecule has 0 aliphatic rings. The molecule has 0 aliphatic carbocycles. The summed E-state index contributed by atoms with van der Waals surface area (Å²) in [5.41, 5.74) is 0.437. The Morgan fingerprint density at radius 3 is 1.81 bits per heavy atom. The number of alkyl halides is 4. The molecule has 0 aromatic rings. The summed E-state index contributed by atoms with van der Waals surface area (Å²) in [4.78, 5) is 0. The fraction of sp³-hybridized carbons (Fsp3) is 1.00. The lowest BCUT2D eigenvalue weighted by atomic mass is 9.89. The number of hydrogen-bond acceptors (Lipinski definition) is 0. The fourth-order valence-electron chi connectivity index (χ4n) is 1.50. The molecule has 0 saturated heterocycles. The van der Waals surface area contributed by atoms with Crippen LogP contribution in [-0.2, 0) is 0 Å². The number of halogens is 4. The first kappa shape index (κ1) is 17.2. The molecule has 0 N–H and O–H groups in total. The van der Waals surface area contributed by atoms with Crippen molar-refractivity contribution < 1.29 is 0 Å². The smallest absolute Gasteiger partial charge is 0.118 e. The summed E-state index contributed by atoms with van der Waals surface area (Å²) in [5.74, 6) is 0. The third-order valence-corrected chi connectivity index (χ3v) is 4.16. The van der Waals surface area contributed by atoms with Crippen LogP contribution in [0.2, 0.25) is 0 Å². The van der Waals surface area contributed by atoms with Crippen LogP contribution in [0.3, 0.4) is 0 Å². The lowest BCUT2D eigenvalue weighted by Crippen LogP contribution is -2.19. The van der Waals surface area contributed by atoms with Crippen molar-refractivity contribution in [2.24, 2.45) is 5.41 Å². The maximum atomic E-state index is 5.95. The van der Waals surface area contributed by atoms with E-state index in [0.29, 0.717) is 5.41 Å². The highest BCUT2D eigenvalue weighted by Gasteiger charge is 2.29. The van der Waals surface area contributed by atoms with E-state index in [1.165, 1.54) is 25.7 Å². The Labute approximate surface area is 120 Å². The monoisotopic (exact) mass is 306 g/mol. The van der Waals surface area contributed by atoms with Gasteiger partial charge in [-0.05, 0) is 18.3 Å². The molecule has 98 valence electrons. The molecule has 0 aromatic heterocycles. The van der Waals surface area contributed by atoms with E-state index in [-0.39, 0.29) is 5.38 Å². The zero-order valence-electron chi connectivity index (χ0n) is 10.3. The second-order valence-electron chi connectivity index (χ2n) is 5.52. The summed E-state index contributed by atoms with van der Waals surface area (Å²) in [6, 6.07) is 0. The maximum absolute atomic E-state index is 5.95. The van der Waals surface area contributed by atoms with Gasteiger partial charge in [-0.1, -0.05) is 81.3 Å². The molecule has 0 saturated carbocycles. The fourth-order valence-corrected chi connectivity index (χ4v) is 1.98. The van der Waals surface area contributed by atoms with Crippen LogP contribution in [-0.4, -0.2) is 9.17 Å². The van der Waals surface area contributed by atoms with Crippen LogP contribution in [0, 0.1) is 5.41 Å². The lowest BCUT2D eigenvalue weighted by molar-refractivity contribution is 0.356. The van der Waals surface area contributed by atoms with Crippen LogP contribution < -0.4 is 0 Å². The third-order valence-electron chi connectivity index (χ3n) is 2.49. The Morgan fingerprint density at radius 1 is 0.875 bits per heavy atom. The zero-order valence-corrected chi connectivity index (χ0v) is 13.4. The minimum absolute atomic E-state index is 0.375. The molecule has 0 aliphatic heterocycles. The second kappa shape index (κ2) is 7.56. The van der Waals surface area contributed by atoms with Gasteiger partial charge in [-0.2, -0.15) is 0 Å². The summed E-state index contributed by atoms with van der Waals surface area (Å²) >= 11 is 23.0. The van der Waals surface area contributed by atoms with Crippen LogP contribution in [0.1, 0.15) is 59.3 Å². The summed E-state index contributed by atoms with van der Waals surface area (Å²) in [6.07, 6.45) is 6.74. The van der Waals surface area contributed by atoms with Gasteiger partial charge in [0.05, 0.1) is 5.38 Å². The summed E-state index contributed by atoms with van der Waals surface area (Å²) in [6.45, 7) is 6.81. The first-order valence-corrected chi connectivity index (χ1v) is 7.41. The standard InChI is InChI=1S/C12H22Cl4/c1-11(2,3)9-7-5-4-6-8-10(13)12(14,15)16/h10H,4-9H2,1-3H3. The molecule has 4 heteroatoms. The Balaban J connectivity index is 3.41. The van der Waals surface area contributed by atoms with Gasteiger partial charge >= 0.3 is 0 Å². The second-order valence-corrected chi connectivity index (χ2v) is 8.42. The average Bonchev–Trinajstić information content (AvgIpc) is 2.07. The van der Waals surface area contributed by atoms with E-state index < -0.39 is 3.79 Å². The van der Waals surface area contributed by atoms with Gasteiger partial charge in [-0.15, -0.1) is 11.6 Å². The number of unbranched alkanes of at least 4 members (excludes halogenated alkanes) is 3. The third kappa shape index (κ3) is 10.3. The van der Waals surface area contributed by atoms with Crippen LogP contribution in [0.25, 0.3) is 0 Å². The van der Waals surface area contributed by atoms with E-state index in [9.17, 15) is 0 Å². The molecule has 0 radical (unpaired) electrons. The Bertz CT molecular complexity index is 178. The molecule has 0 fully saturated rings. The lowest BCUT2D eigenvalue weighted by Gasteiger charge is -2.18. The minimum Gasteiger partial charge on any atom is -0.118 e. The van der Waals surface area contributed by atoms with E-state index in [0.717, 1.165) is 12.8 Å². The van der Waals surface area contributed by atoms with E-state index in [2.05, 4.69) is 20.8 Å². The summed E-state index contributed by atoms with van der Waals surface area (Å²) in [5, 5.41) is -0.375. The van der Waals surface area contributed by atoms with Crippen LogP contribution in [0.4, 0.5) is 0 Å². The molecule has 0 rings (SSSR count). The minimum atomic E-state index is -1.33. The van der Waals surface area contributed by atoms with E-state index in [4.69, 9.17) is 46.4 Å². The van der Waals surface area contributed by atoms with Gasteiger partial charge in [-0.3, -0.25) is 0 Å². The molecule has 0 amide bonds. The van der Waals surface area contributed by atoms with Gasteiger partial charge in [0.2, 0.25) is 3.79 Å². The van der Waals surface area contributed by atoms with E-state index >= 15 is 0 Å². The quantitative estimate of drug-likeness (QED) is 0.396. The van der Waals surface area contributed by atoms with Crippen molar-refractivity contribution >= 4 is 46.4 Å². The molecular weight excluding hydrogens is 286 g/mol. The average molecular weight is 308 g/mol. The Morgan fingerprint density at radius 2 is 1.38 bits per heavy atom. The predicted octanol–water partition coefficient (Wildman–Crippen LogP) is 6.35. The maximum Gasteiger partial charge on any atom is 0.206 e. The molecule has 0 nitrogen and oxygen atoms in total. The van der Waals surface area contributed by atoms with Crippen molar-refractivity contribution in [3.05, 3.63) is 0 Å². The topological polar surface area (TPSA) is 0 Å². The van der Waals surface area contributed by atoms with Crippen LogP contribution in [0.5, 0.6) is 0 Å². The van der Waals surface area contributed by atoms with Crippen molar-refractivity contribution in [2.45, 2.75) is 68.5 Å². The van der Waals surface area contributed by atoms with Crippen molar-refractivity contribution in [3.63, 3.8) is 0 Å². The summed E-state index contributed by atoms with van der Waals surface area (Å²) in [7, 11) is 0. The molecule has 16 heavy (non-hydrogen) atoms. The van der Waals surface area contributed by atoms with Crippen molar-refractivity contribution in [1.29, 1.82) is 0 Å². The van der Waals surface area contributed by atoms with Crippen molar-refractivity contribution in [1.82, 2.24) is 0 Å². The van der Waals surface area contributed by atoms with E-state index in [1.807, 2.05) is 0 Å². The Hall–Kier alpha value is 1.16. The van der Waals surface area contributed by atoms with Gasteiger partial charge in [0.25, 0.3) is 0 Å². The molecule has 0 bridgehead atoms. The largest absolute Gasteiger partial charge is 0.206 e. The predicted molar refractivity (Wildman–Crippen MR) is 77.1 cm³/mol. The van der Waals surface area contributed by atoms with Crippen LogP contribution >= 0.6 is 46.4 Å². The summed E-state index contributed by atoms with van der Waals surface area (Å²) < 4.78 is -1.33. The van der Waals surface area contributed by atoms with Crippen LogP contribution in [0.15, 0.2) is 0 Å². The number of hydrogen-bond donors (Lipinski definition) is 0. The highest BCUT2D eigenvalue weighted by molar-refractivity contribution is 6.70. The van der Waals surface area contributed by atoms with Crippen molar-refractivity contribution in [3.8, 4) is 0 Å². The van der Waals surface area contributed by atoms with Gasteiger partial charge < -0.3 is 0 Å². The molecule has 0 spiro atoms. The van der Waals surface area contributed by atoms with Gasteiger partial charge in [0, 0.05) is 0 Å². The molecular formula is C12H22Cl4. The highest BCUT2D eigenvalue weighted by Crippen LogP contribution is 2.36. The number of rotatable bonds is 6. The molecule has 1 unspecified atom stereocenters. The first-order chi connectivity index (χ1) is 7.13. The van der Waals surface area contributed by atoms with Gasteiger partial charge in [0.15, 0.2) is 0 Å². The van der Waals surface area contributed by atoms with E-state index in [1.54, 1.807) is 0 Å².